The molecule has 0 unspecified atom stereocenters. The van der Waals surface area contributed by atoms with E-state index >= 15 is 0 Å². The lowest BCUT2D eigenvalue weighted by atomic mass is 10.1. The molecule has 2 rings (SSSR count). The fraction of sp³-hybridized carbons (Fsp3) is 0.800. The fourth-order valence-corrected chi connectivity index (χ4v) is 2.36. The molecule has 0 aliphatic carbocycles. The van der Waals surface area contributed by atoms with Gasteiger partial charge in [0.25, 0.3) is 0 Å². The summed E-state index contributed by atoms with van der Waals surface area (Å²) in [6, 6.07) is 0. The van der Waals surface area contributed by atoms with Crippen molar-refractivity contribution >= 4 is 11.5 Å². The first-order valence-electron chi connectivity index (χ1n) is 5.64. The van der Waals surface area contributed by atoms with Crippen LogP contribution in [0.1, 0.15) is 24.1 Å². The molecule has 0 saturated carbocycles. The van der Waals surface area contributed by atoms with Crippen LogP contribution < -0.4 is 5.32 Å². The van der Waals surface area contributed by atoms with Gasteiger partial charge in [-0.05, 0) is 37.5 Å². The predicted octanol–water partition coefficient (Wildman–Crippen LogP) is 1.11. The molecule has 15 heavy (non-hydrogen) atoms. The van der Waals surface area contributed by atoms with Gasteiger partial charge in [0.2, 0.25) is 0 Å². The molecular weight excluding hydrogens is 208 g/mol. The van der Waals surface area contributed by atoms with Gasteiger partial charge in [-0.3, -0.25) is 0 Å². The second kappa shape index (κ2) is 6.15. The predicted molar refractivity (Wildman–Crippen MR) is 61.9 cm³/mol. The molecule has 1 N–H and O–H groups in total. The van der Waals surface area contributed by atoms with Crippen LogP contribution in [0.4, 0.5) is 0 Å². The van der Waals surface area contributed by atoms with Crippen molar-refractivity contribution in [2.45, 2.75) is 25.8 Å². The SMILES string of the molecule is c1nnsc1CNCCN1CCCCC1. The Kier molecular flexibility index (Phi) is 4.50. The zero-order valence-corrected chi connectivity index (χ0v) is 9.80. The molecule has 1 aliphatic rings. The molecule has 4 nitrogen and oxygen atoms in total. The van der Waals surface area contributed by atoms with Crippen LogP contribution >= 0.6 is 11.5 Å². The summed E-state index contributed by atoms with van der Waals surface area (Å²) in [5, 5.41) is 7.23. The topological polar surface area (TPSA) is 41.1 Å². The third-order valence-corrected chi connectivity index (χ3v) is 3.42. The molecule has 0 spiro atoms. The normalized spacial score (nSPS) is 18.1. The van der Waals surface area contributed by atoms with E-state index in [2.05, 4.69) is 19.8 Å². The summed E-state index contributed by atoms with van der Waals surface area (Å²) in [5.41, 5.74) is 0. The average molecular weight is 226 g/mol. The highest BCUT2D eigenvalue weighted by atomic mass is 32.1. The maximum atomic E-state index is 3.83. The van der Waals surface area contributed by atoms with Crippen molar-refractivity contribution in [3.05, 3.63) is 11.1 Å². The van der Waals surface area contributed by atoms with Crippen molar-refractivity contribution in [1.82, 2.24) is 19.8 Å². The van der Waals surface area contributed by atoms with Gasteiger partial charge in [-0.25, -0.2) is 0 Å². The van der Waals surface area contributed by atoms with Crippen molar-refractivity contribution in [2.75, 3.05) is 26.2 Å². The molecular formula is C10H18N4S. The van der Waals surface area contributed by atoms with Gasteiger partial charge in [0, 0.05) is 19.6 Å². The fourth-order valence-electron chi connectivity index (χ4n) is 1.90. The van der Waals surface area contributed by atoms with E-state index in [0.717, 1.165) is 13.1 Å². The van der Waals surface area contributed by atoms with Gasteiger partial charge in [-0.1, -0.05) is 10.9 Å². The summed E-state index contributed by atoms with van der Waals surface area (Å²) in [6.45, 7) is 5.71. The van der Waals surface area contributed by atoms with E-state index in [9.17, 15) is 0 Å². The minimum atomic E-state index is 0.908. The Morgan fingerprint density at radius 3 is 2.93 bits per heavy atom. The Labute approximate surface area is 94.8 Å². The molecule has 0 aromatic carbocycles. The summed E-state index contributed by atoms with van der Waals surface area (Å²) in [5.74, 6) is 0. The van der Waals surface area contributed by atoms with Crippen molar-refractivity contribution in [3.63, 3.8) is 0 Å². The minimum Gasteiger partial charge on any atom is -0.310 e. The number of rotatable bonds is 5. The summed E-state index contributed by atoms with van der Waals surface area (Å²) >= 11 is 1.47. The highest BCUT2D eigenvalue weighted by Crippen LogP contribution is 2.07. The minimum absolute atomic E-state index is 0.908. The number of piperidine rings is 1. The Morgan fingerprint density at radius 1 is 1.33 bits per heavy atom. The molecule has 0 radical (unpaired) electrons. The Hall–Kier alpha value is -0.520. The van der Waals surface area contributed by atoms with E-state index in [1.807, 2.05) is 6.20 Å². The van der Waals surface area contributed by atoms with Gasteiger partial charge < -0.3 is 10.2 Å². The van der Waals surface area contributed by atoms with Crippen molar-refractivity contribution < 1.29 is 0 Å². The van der Waals surface area contributed by atoms with Gasteiger partial charge in [-0.2, -0.15) is 0 Å². The average Bonchev–Trinajstić information content (AvgIpc) is 2.79. The van der Waals surface area contributed by atoms with Gasteiger partial charge in [0.05, 0.1) is 11.1 Å². The van der Waals surface area contributed by atoms with Crippen LogP contribution in [0, 0.1) is 0 Å². The molecule has 1 aliphatic heterocycles. The first-order valence-corrected chi connectivity index (χ1v) is 6.42. The lowest BCUT2D eigenvalue weighted by Gasteiger charge is -2.26. The molecule has 84 valence electrons. The molecule has 2 heterocycles. The maximum absolute atomic E-state index is 3.83. The Morgan fingerprint density at radius 2 is 2.20 bits per heavy atom. The summed E-state index contributed by atoms with van der Waals surface area (Å²) in [7, 11) is 0. The van der Waals surface area contributed by atoms with Crippen LogP contribution in [0.25, 0.3) is 0 Å². The van der Waals surface area contributed by atoms with Crippen molar-refractivity contribution in [1.29, 1.82) is 0 Å². The largest absolute Gasteiger partial charge is 0.310 e. The monoisotopic (exact) mass is 226 g/mol. The van der Waals surface area contributed by atoms with E-state index in [1.54, 1.807) is 0 Å². The Bertz CT molecular complexity index is 256. The quantitative estimate of drug-likeness (QED) is 0.764. The molecule has 1 fully saturated rings. The Balaban J connectivity index is 1.54. The lowest BCUT2D eigenvalue weighted by molar-refractivity contribution is 0.229. The van der Waals surface area contributed by atoms with Crippen LogP contribution in [0.3, 0.4) is 0 Å². The van der Waals surface area contributed by atoms with Crippen LogP contribution in [-0.4, -0.2) is 40.7 Å². The van der Waals surface area contributed by atoms with Gasteiger partial charge >= 0.3 is 0 Å². The molecule has 1 aromatic rings. The highest BCUT2D eigenvalue weighted by molar-refractivity contribution is 7.05. The number of aromatic nitrogens is 2. The van der Waals surface area contributed by atoms with Crippen LogP contribution in [0.5, 0.6) is 0 Å². The second-order valence-corrected chi connectivity index (χ2v) is 4.83. The number of hydrogen-bond acceptors (Lipinski definition) is 5. The molecule has 1 saturated heterocycles. The standard InChI is InChI=1S/C10H18N4S/c1-2-5-14(6-3-1)7-4-11-8-10-9-12-13-15-10/h9,11H,1-8H2. The smallest absolute Gasteiger partial charge is 0.0666 e. The second-order valence-electron chi connectivity index (χ2n) is 3.96. The lowest BCUT2D eigenvalue weighted by Crippen LogP contribution is -2.35. The molecule has 0 bridgehead atoms. The number of nitrogens with zero attached hydrogens (tertiary/aromatic N) is 3. The van der Waals surface area contributed by atoms with E-state index in [4.69, 9.17) is 0 Å². The maximum Gasteiger partial charge on any atom is 0.0666 e. The molecule has 0 atom stereocenters. The van der Waals surface area contributed by atoms with E-state index in [1.165, 1.54) is 55.3 Å². The van der Waals surface area contributed by atoms with Gasteiger partial charge in [-0.15, -0.1) is 5.10 Å². The highest BCUT2D eigenvalue weighted by Gasteiger charge is 2.08. The van der Waals surface area contributed by atoms with Crippen LogP contribution in [0.15, 0.2) is 6.20 Å². The van der Waals surface area contributed by atoms with E-state index < -0.39 is 0 Å². The zero-order chi connectivity index (χ0) is 10.3. The first kappa shape index (κ1) is 11.0. The summed E-state index contributed by atoms with van der Waals surface area (Å²) < 4.78 is 3.83. The molecule has 1 aromatic heterocycles. The van der Waals surface area contributed by atoms with Crippen molar-refractivity contribution in [3.8, 4) is 0 Å². The summed E-state index contributed by atoms with van der Waals surface area (Å²) in [6.07, 6.45) is 5.99. The van der Waals surface area contributed by atoms with Crippen molar-refractivity contribution in [2.24, 2.45) is 0 Å². The summed E-state index contributed by atoms with van der Waals surface area (Å²) in [4.78, 5) is 3.76. The number of hydrogen-bond donors (Lipinski definition) is 1. The third kappa shape index (κ3) is 3.85. The zero-order valence-electron chi connectivity index (χ0n) is 8.98. The number of nitrogens with one attached hydrogen (secondary N) is 1. The third-order valence-electron chi connectivity index (χ3n) is 2.76. The molecule has 5 heteroatoms. The van der Waals surface area contributed by atoms with Crippen LogP contribution in [-0.2, 0) is 6.54 Å². The number of likely N-dealkylation sites (tertiary alicyclic amines) is 1. The van der Waals surface area contributed by atoms with E-state index in [-0.39, 0.29) is 0 Å². The van der Waals surface area contributed by atoms with Crippen LogP contribution in [0.2, 0.25) is 0 Å². The van der Waals surface area contributed by atoms with Gasteiger partial charge in [0.1, 0.15) is 0 Å². The van der Waals surface area contributed by atoms with E-state index in [0.29, 0.717) is 0 Å². The first-order chi connectivity index (χ1) is 7.45. The van der Waals surface area contributed by atoms with Gasteiger partial charge in [0.15, 0.2) is 0 Å². The molecule has 0 amide bonds.